The van der Waals surface area contributed by atoms with Gasteiger partial charge in [0.1, 0.15) is 5.25 Å². The van der Waals surface area contributed by atoms with Gasteiger partial charge < -0.3 is 15.1 Å². The average Bonchev–Trinajstić information content (AvgIpc) is 3.55. The number of amidine groups is 1. The Morgan fingerprint density at radius 1 is 1.00 bits per heavy atom. The zero-order valence-corrected chi connectivity index (χ0v) is 20.3. The number of nitrogens with one attached hydrogen (secondary N) is 1. The minimum Gasteiger partial charge on any atom is -0.351 e. The molecule has 35 heavy (non-hydrogen) atoms. The van der Waals surface area contributed by atoms with Crippen LogP contribution in [0.2, 0.25) is 0 Å². The van der Waals surface area contributed by atoms with E-state index in [0.29, 0.717) is 24.3 Å². The normalized spacial score (nSPS) is 20.0. The molecular formula is C27H28N4O3S. The Bertz CT molecular complexity index is 1170. The lowest BCUT2D eigenvalue weighted by Gasteiger charge is -2.27. The van der Waals surface area contributed by atoms with Crippen LogP contribution in [0.5, 0.6) is 0 Å². The molecule has 0 radical (unpaired) electrons. The molecule has 3 heterocycles. The topological polar surface area (TPSA) is 82.1 Å². The van der Waals surface area contributed by atoms with Crippen molar-refractivity contribution in [3.8, 4) is 0 Å². The second kappa shape index (κ2) is 10.5. The van der Waals surface area contributed by atoms with Gasteiger partial charge in [-0.15, -0.1) is 0 Å². The monoisotopic (exact) mass is 488 g/mol. The molecule has 1 N–H and O–H groups in total. The summed E-state index contributed by atoms with van der Waals surface area (Å²) in [6.45, 7) is 3.10. The summed E-state index contributed by atoms with van der Waals surface area (Å²) in [5.41, 5.74) is 3.66. The number of amides is 3. The van der Waals surface area contributed by atoms with Crippen LogP contribution in [0.15, 0.2) is 65.7 Å². The molecule has 1 fully saturated rings. The van der Waals surface area contributed by atoms with Gasteiger partial charge in [-0.3, -0.25) is 14.4 Å². The lowest BCUT2D eigenvalue weighted by atomic mass is 9.99. The number of hydrogen-bond donors (Lipinski definition) is 1. The van der Waals surface area contributed by atoms with Gasteiger partial charge in [-0.1, -0.05) is 48.2 Å². The van der Waals surface area contributed by atoms with Gasteiger partial charge in [-0.25, -0.2) is 0 Å². The number of aliphatic imine (C=N–C) groups is 1. The third kappa shape index (κ3) is 5.48. The van der Waals surface area contributed by atoms with Crippen LogP contribution < -0.4 is 5.32 Å². The van der Waals surface area contributed by atoms with E-state index in [2.05, 4.69) is 33.4 Å². The van der Waals surface area contributed by atoms with Crippen LogP contribution in [0.1, 0.15) is 41.6 Å². The molecule has 180 valence electrons. The molecule has 3 aliphatic rings. The molecule has 8 heteroatoms. The molecule has 2 aromatic rings. The van der Waals surface area contributed by atoms with Crippen molar-refractivity contribution < 1.29 is 14.4 Å². The van der Waals surface area contributed by atoms with Crippen LogP contribution in [-0.2, 0) is 9.59 Å². The summed E-state index contributed by atoms with van der Waals surface area (Å²) >= 11 is 1.39. The fraction of sp³-hybridized carbons (Fsp3) is 0.333. The standard InChI is InChI=1S/C27H28N4O3S/c32-24(18-23-25(33)29-27(35-23)31-14-4-5-15-31)28-22-10-8-21(9-11-22)26(34)30-16-12-20(13-17-30)19-6-2-1-3-7-19/h1-3,6-12,23H,4-5,13-18H2,(H,28,32)/t23-/m1/s1. The van der Waals surface area contributed by atoms with Crippen LogP contribution in [0.25, 0.3) is 5.57 Å². The molecule has 0 unspecified atom stereocenters. The van der Waals surface area contributed by atoms with Crippen molar-refractivity contribution in [2.75, 3.05) is 31.5 Å². The molecule has 7 nitrogen and oxygen atoms in total. The number of nitrogens with zero attached hydrogens (tertiary/aromatic N) is 3. The summed E-state index contributed by atoms with van der Waals surface area (Å²) in [4.78, 5) is 45.8. The lowest BCUT2D eigenvalue weighted by Crippen LogP contribution is -2.34. The average molecular weight is 489 g/mol. The van der Waals surface area contributed by atoms with Gasteiger partial charge in [-0.05, 0) is 54.7 Å². The second-order valence-corrected chi connectivity index (χ2v) is 10.1. The maximum atomic E-state index is 12.9. The molecule has 5 rings (SSSR count). The molecule has 0 spiro atoms. The SMILES string of the molecule is O=C(C[C@H]1SC(N2CCCC2)=NC1=O)Nc1ccc(C(=O)N2CC=C(c3ccccc3)CC2)cc1. The van der Waals surface area contributed by atoms with E-state index in [-0.39, 0.29) is 24.1 Å². The van der Waals surface area contributed by atoms with Gasteiger partial charge in [0.05, 0.1) is 0 Å². The van der Waals surface area contributed by atoms with Gasteiger partial charge >= 0.3 is 0 Å². The maximum Gasteiger partial charge on any atom is 0.262 e. The Labute approximate surface area is 209 Å². The number of carbonyl (C=O) groups is 3. The zero-order chi connectivity index (χ0) is 24.2. The maximum absolute atomic E-state index is 12.9. The Hall–Kier alpha value is -3.39. The van der Waals surface area contributed by atoms with Crippen molar-refractivity contribution in [3.05, 3.63) is 71.8 Å². The predicted octanol–water partition coefficient (Wildman–Crippen LogP) is 4.04. The van der Waals surface area contributed by atoms with Crippen molar-refractivity contribution in [1.82, 2.24) is 9.80 Å². The summed E-state index contributed by atoms with van der Waals surface area (Å²) < 4.78 is 0. The molecule has 1 saturated heterocycles. The van der Waals surface area contributed by atoms with E-state index in [1.54, 1.807) is 24.3 Å². The number of carbonyl (C=O) groups excluding carboxylic acids is 3. The summed E-state index contributed by atoms with van der Waals surface area (Å²) in [5, 5.41) is 3.11. The lowest BCUT2D eigenvalue weighted by molar-refractivity contribution is -0.121. The van der Waals surface area contributed by atoms with Crippen molar-refractivity contribution in [1.29, 1.82) is 0 Å². The first-order valence-corrected chi connectivity index (χ1v) is 12.9. The van der Waals surface area contributed by atoms with Crippen molar-refractivity contribution >= 4 is 45.9 Å². The van der Waals surface area contributed by atoms with Crippen LogP contribution in [-0.4, -0.2) is 64.1 Å². The highest BCUT2D eigenvalue weighted by Crippen LogP contribution is 2.29. The summed E-state index contributed by atoms with van der Waals surface area (Å²) in [5.74, 6) is -0.493. The molecule has 0 aliphatic carbocycles. The first-order chi connectivity index (χ1) is 17.1. The van der Waals surface area contributed by atoms with Crippen LogP contribution in [0.4, 0.5) is 5.69 Å². The molecule has 2 aromatic carbocycles. The second-order valence-electron chi connectivity index (χ2n) is 8.96. The van der Waals surface area contributed by atoms with E-state index < -0.39 is 5.25 Å². The first-order valence-electron chi connectivity index (χ1n) is 12.0. The minimum absolute atomic E-state index is 0.0224. The van der Waals surface area contributed by atoms with Crippen LogP contribution >= 0.6 is 11.8 Å². The van der Waals surface area contributed by atoms with E-state index >= 15 is 0 Å². The largest absolute Gasteiger partial charge is 0.351 e. The number of anilines is 1. The van der Waals surface area contributed by atoms with Crippen molar-refractivity contribution in [3.63, 3.8) is 0 Å². The van der Waals surface area contributed by atoms with E-state index in [1.165, 1.54) is 22.9 Å². The van der Waals surface area contributed by atoms with Gasteiger partial charge in [0, 0.05) is 43.9 Å². The third-order valence-electron chi connectivity index (χ3n) is 6.53. The predicted molar refractivity (Wildman–Crippen MR) is 139 cm³/mol. The smallest absolute Gasteiger partial charge is 0.262 e. The molecule has 3 amide bonds. The number of likely N-dealkylation sites (tertiary alicyclic amines) is 1. The molecule has 1 atom stereocenters. The third-order valence-corrected chi connectivity index (χ3v) is 7.75. The summed E-state index contributed by atoms with van der Waals surface area (Å²) in [6, 6.07) is 17.2. The van der Waals surface area contributed by atoms with Crippen molar-refractivity contribution in [2.45, 2.75) is 30.9 Å². The van der Waals surface area contributed by atoms with E-state index in [0.717, 1.165) is 37.5 Å². The van der Waals surface area contributed by atoms with E-state index in [1.807, 2.05) is 23.1 Å². The Morgan fingerprint density at radius 3 is 2.43 bits per heavy atom. The minimum atomic E-state index is -0.473. The van der Waals surface area contributed by atoms with Gasteiger partial charge in [-0.2, -0.15) is 4.99 Å². The first kappa shape index (κ1) is 23.4. The van der Waals surface area contributed by atoms with Gasteiger partial charge in [0.15, 0.2) is 5.17 Å². The Kier molecular flexibility index (Phi) is 6.99. The highest BCUT2D eigenvalue weighted by molar-refractivity contribution is 8.15. The van der Waals surface area contributed by atoms with Gasteiger partial charge in [0.2, 0.25) is 5.91 Å². The quantitative estimate of drug-likeness (QED) is 0.687. The summed E-state index contributed by atoms with van der Waals surface area (Å²) in [7, 11) is 0. The molecule has 0 bridgehead atoms. The van der Waals surface area contributed by atoms with Crippen molar-refractivity contribution in [2.24, 2.45) is 4.99 Å². The highest BCUT2D eigenvalue weighted by atomic mass is 32.2. The summed E-state index contributed by atoms with van der Waals surface area (Å²) in [6.07, 6.45) is 5.24. The fourth-order valence-corrected chi connectivity index (χ4v) is 5.70. The van der Waals surface area contributed by atoms with E-state index in [4.69, 9.17) is 0 Å². The number of rotatable bonds is 5. The fourth-order valence-electron chi connectivity index (χ4n) is 4.58. The number of benzene rings is 2. The Morgan fingerprint density at radius 2 is 1.74 bits per heavy atom. The number of thioether (sulfide) groups is 1. The van der Waals surface area contributed by atoms with E-state index in [9.17, 15) is 14.4 Å². The zero-order valence-electron chi connectivity index (χ0n) is 19.5. The highest BCUT2D eigenvalue weighted by Gasteiger charge is 2.33. The van der Waals surface area contributed by atoms with Crippen LogP contribution in [0, 0.1) is 0 Å². The molecule has 3 aliphatic heterocycles. The van der Waals surface area contributed by atoms with Crippen LogP contribution in [0.3, 0.4) is 0 Å². The molecule has 0 aromatic heterocycles. The number of hydrogen-bond acceptors (Lipinski definition) is 5. The van der Waals surface area contributed by atoms with Gasteiger partial charge in [0.25, 0.3) is 11.8 Å². The Balaban J connectivity index is 1.12. The molecular weight excluding hydrogens is 460 g/mol. The molecule has 0 saturated carbocycles.